The maximum atomic E-state index is 5.66. The van der Waals surface area contributed by atoms with E-state index in [0.717, 1.165) is 13.0 Å². The first kappa shape index (κ1) is 7.15. The fourth-order valence-corrected chi connectivity index (χ4v) is 2.02. The number of fused-ring (bicyclic) bond motifs is 1. The predicted octanol–water partition coefficient (Wildman–Crippen LogP) is 1.94. The minimum absolute atomic E-state index is 0.232. The van der Waals surface area contributed by atoms with Crippen molar-refractivity contribution in [3.8, 4) is 0 Å². The molecule has 1 N–H and O–H groups in total. The van der Waals surface area contributed by atoms with E-state index < -0.39 is 0 Å². The van der Waals surface area contributed by atoms with Gasteiger partial charge in [0.1, 0.15) is 0 Å². The molecule has 1 aromatic rings. The van der Waals surface area contributed by atoms with E-state index in [1.807, 2.05) is 6.07 Å². The monoisotopic (exact) mass is 173 g/mol. The number of benzene rings is 1. The summed E-state index contributed by atoms with van der Waals surface area (Å²) in [5.41, 5.74) is 2.31. The van der Waals surface area contributed by atoms with E-state index in [4.69, 9.17) is 4.74 Å². The molecule has 2 heteroatoms. The number of rotatable bonds is 0. The highest BCUT2D eigenvalue weighted by atomic mass is 16.5. The minimum atomic E-state index is -0.232. The lowest BCUT2D eigenvalue weighted by Crippen LogP contribution is -2.33. The Balaban J connectivity index is 2.01. The zero-order valence-electron chi connectivity index (χ0n) is 7.29. The molecule has 2 heterocycles. The summed E-state index contributed by atoms with van der Waals surface area (Å²) in [5.74, 6) is 0. The first-order valence-electron chi connectivity index (χ1n) is 4.56. The van der Waals surface area contributed by atoms with Crippen molar-refractivity contribution in [3.63, 3.8) is 0 Å². The van der Waals surface area contributed by atoms with Crippen LogP contribution in [0.4, 0.5) is 5.69 Å². The molecule has 66 valence electrons. The first-order valence-corrected chi connectivity index (χ1v) is 4.56. The van der Waals surface area contributed by atoms with Crippen LogP contribution < -0.4 is 5.32 Å². The summed E-state index contributed by atoms with van der Waals surface area (Å²) < 4.78 is 5.66. The molecule has 1 aromatic carbocycles. The molecule has 3 rings (SSSR count). The van der Waals surface area contributed by atoms with Crippen molar-refractivity contribution in [1.82, 2.24) is 0 Å². The molecule has 1 atom stereocenters. The van der Waals surface area contributed by atoms with Crippen molar-refractivity contribution in [1.29, 1.82) is 0 Å². The van der Waals surface area contributed by atoms with Gasteiger partial charge in [0.2, 0.25) is 0 Å². The molecule has 2 aliphatic rings. The average molecular weight is 173 g/mol. The van der Waals surface area contributed by atoms with Crippen LogP contribution in [0, 0.1) is 0 Å². The van der Waals surface area contributed by atoms with E-state index in [0.29, 0.717) is 0 Å². The normalized spacial score (nSPS) is 29.2. The van der Waals surface area contributed by atoms with Crippen LogP contribution in [0.3, 0.4) is 0 Å². The van der Waals surface area contributed by atoms with Gasteiger partial charge in [-0.25, -0.2) is 0 Å². The highest BCUT2D eigenvalue weighted by molar-refractivity contribution is 5.59. The van der Waals surface area contributed by atoms with Crippen LogP contribution >= 0.6 is 0 Å². The lowest BCUT2D eigenvalue weighted by molar-refractivity contribution is 0.0555. The number of para-hydroxylation sites is 1. The minimum Gasteiger partial charge on any atom is -0.354 e. The van der Waals surface area contributed by atoms with Crippen LogP contribution in [0.25, 0.3) is 0 Å². The van der Waals surface area contributed by atoms with Crippen molar-refractivity contribution in [2.45, 2.75) is 12.1 Å². The van der Waals surface area contributed by atoms with E-state index in [1.165, 1.54) is 11.3 Å². The molecule has 0 fully saturated rings. The quantitative estimate of drug-likeness (QED) is 0.605. The predicted molar refractivity (Wildman–Crippen MR) is 51.6 cm³/mol. The molecule has 2 nitrogen and oxygen atoms in total. The summed E-state index contributed by atoms with van der Waals surface area (Å²) in [6, 6.07) is 8.36. The van der Waals surface area contributed by atoms with E-state index in [-0.39, 0.29) is 5.72 Å². The highest BCUT2D eigenvalue weighted by Gasteiger charge is 2.36. The fraction of sp³-hybridized carbons (Fsp3) is 0.273. The first-order chi connectivity index (χ1) is 6.38. The highest BCUT2D eigenvalue weighted by Crippen LogP contribution is 2.35. The molecule has 1 unspecified atom stereocenters. The second-order valence-electron chi connectivity index (χ2n) is 3.56. The van der Waals surface area contributed by atoms with E-state index in [2.05, 4.69) is 35.7 Å². The zero-order valence-corrected chi connectivity index (χ0v) is 7.29. The van der Waals surface area contributed by atoms with Gasteiger partial charge in [-0.3, -0.25) is 0 Å². The Labute approximate surface area is 77.2 Å². The third-order valence-corrected chi connectivity index (χ3v) is 2.64. The molecule has 0 radical (unpaired) electrons. The molecule has 0 aliphatic carbocycles. The van der Waals surface area contributed by atoms with Crippen molar-refractivity contribution in [2.75, 3.05) is 11.9 Å². The van der Waals surface area contributed by atoms with Crippen LogP contribution in [-0.2, 0) is 11.2 Å². The summed E-state index contributed by atoms with van der Waals surface area (Å²) in [6.07, 6.45) is 5.13. The summed E-state index contributed by atoms with van der Waals surface area (Å²) in [7, 11) is 0. The van der Waals surface area contributed by atoms with Crippen molar-refractivity contribution < 1.29 is 4.74 Å². The van der Waals surface area contributed by atoms with Crippen molar-refractivity contribution >= 4 is 5.69 Å². The molecule has 1 spiro atoms. The Morgan fingerprint density at radius 1 is 1.31 bits per heavy atom. The summed E-state index contributed by atoms with van der Waals surface area (Å²) in [5, 5.41) is 3.40. The molecule has 13 heavy (non-hydrogen) atoms. The number of ether oxygens (including phenoxy) is 1. The van der Waals surface area contributed by atoms with Gasteiger partial charge < -0.3 is 10.1 Å². The summed E-state index contributed by atoms with van der Waals surface area (Å²) in [6.45, 7) is 0.723. The standard InChI is InChI=1S/C11H11NO/c1-2-5-10-9(4-1)8-11(12-10)6-3-7-13-11/h1-6,12H,7-8H2. The number of anilines is 1. The SMILES string of the molecule is C1=CC2(Cc3ccccc3N2)OC1. The molecule has 0 bridgehead atoms. The van der Waals surface area contributed by atoms with Crippen LogP contribution in [0.1, 0.15) is 5.56 Å². The molecule has 0 aromatic heterocycles. The zero-order chi connectivity index (χ0) is 8.73. The number of hydrogen-bond donors (Lipinski definition) is 1. The third-order valence-electron chi connectivity index (χ3n) is 2.64. The second kappa shape index (κ2) is 2.36. The molecule has 0 saturated heterocycles. The summed E-state index contributed by atoms with van der Waals surface area (Å²) in [4.78, 5) is 0. The Hall–Kier alpha value is -1.28. The van der Waals surface area contributed by atoms with Gasteiger partial charge in [-0.1, -0.05) is 24.3 Å². The average Bonchev–Trinajstić information content (AvgIpc) is 2.72. The van der Waals surface area contributed by atoms with Crippen molar-refractivity contribution in [3.05, 3.63) is 42.0 Å². The van der Waals surface area contributed by atoms with E-state index in [9.17, 15) is 0 Å². The Morgan fingerprint density at radius 3 is 3.00 bits per heavy atom. The smallest absolute Gasteiger partial charge is 0.162 e. The maximum Gasteiger partial charge on any atom is 0.162 e. The van der Waals surface area contributed by atoms with Crippen LogP contribution in [0.2, 0.25) is 0 Å². The van der Waals surface area contributed by atoms with Gasteiger partial charge in [0, 0.05) is 12.1 Å². The van der Waals surface area contributed by atoms with Crippen molar-refractivity contribution in [2.24, 2.45) is 0 Å². The third kappa shape index (κ3) is 0.988. The topological polar surface area (TPSA) is 21.3 Å². The van der Waals surface area contributed by atoms with Crippen LogP contribution in [0.5, 0.6) is 0 Å². The van der Waals surface area contributed by atoms with Gasteiger partial charge in [-0.2, -0.15) is 0 Å². The van der Waals surface area contributed by atoms with Gasteiger partial charge in [0.15, 0.2) is 5.72 Å². The van der Waals surface area contributed by atoms with Gasteiger partial charge in [-0.05, 0) is 17.7 Å². The van der Waals surface area contributed by atoms with Gasteiger partial charge in [-0.15, -0.1) is 0 Å². The maximum absolute atomic E-state index is 5.66. The Bertz CT molecular complexity index is 345. The lowest BCUT2D eigenvalue weighted by Gasteiger charge is -2.21. The molecule has 0 amide bonds. The van der Waals surface area contributed by atoms with E-state index in [1.54, 1.807) is 0 Å². The van der Waals surface area contributed by atoms with Crippen LogP contribution in [-0.4, -0.2) is 12.3 Å². The fourth-order valence-electron chi connectivity index (χ4n) is 2.02. The second-order valence-corrected chi connectivity index (χ2v) is 3.56. The molecule has 2 aliphatic heterocycles. The van der Waals surface area contributed by atoms with Gasteiger partial charge in [0.25, 0.3) is 0 Å². The van der Waals surface area contributed by atoms with Gasteiger partial charge in [0.05, 0.1) is 6.61 Å². The Morgan fingerprint density at radius 2 is 2.23 bits per heavy atom. The molecular weight excluding hydrogens is 162 g/mol. The number of hydrogen-bond acceptors (Lipinski definition) is 2. The largest absolute Gasteiger partial charge is 0.354 e. The lowest BCUT2D eigenvalue weighted by atomic mass is 10.1. The molecule has 0 saturated carbocycles. The number of nitrogens with one attached hydrogen (secondary N) is 1. The molecular formula is C11H11NO. The van der Waals surface area contributed by atoms with Gasteiger partial charge >= 0.3 is 0 Å². The summed E-state index contributed by atoms with van der Waals surface area (Å²) >= 11 is 0. The van der Waals surface area contributed by atoms with E-state index >= 15 is 0 Å². The Kier molecular flexibility index (Phi) is 1.30. The van der Waals surface area contributed by atoms with Crippen LogP contribution in [0.15, 0.2) is 36.4 Å².